The summed E-state index contributed by atoms with van der Waals surface area (Å²) in [5.74, 6) is -4.55. The molecule has 3 aliphatic rings. The second-order valence-corrected chi connectivity index (χ2v) is 25.6. The molecule has 0 radical (unpaired) electrons. The van der Waals surface area contributed by atoms with E-state index in [0.717, 1.165) is 51.9 Å². The Morgan fingerprint density at radius 2 is 1.06 bits per heavy atom. The molecule has 22 nitrogen and oxygen atoms in total. The molecule has 2 saturated heterocycles. The zero-order chi connectivity index (χ0) is 64.7. The van der Waals surface area contributed by atoms with Crippen molar-refractivity contribution in [2.75, 3.05) is 26.4 Å². The van der Waals surface area contributed by atoms with Gasteiger partial charge in [0.15, 0.2) is 12.6 Å². The maximum Gasteiger partial charge on any atom is 1.00 e. The predicted octanol–water partition coefficient (Wildman–Crippen LogP) is 1.84. The van der Waals surface area contributed by atoms with Crippen molar-refractivity contribution in [3.05, 3.63) is 12.2 Å². The molecule has 0 spiro atoms. The van der Waals surface area contributed by atoms with Gasteiger partial charge >= 0.3 is 29.6 Å². The molecule has 3 rings (SSSR count). The van der Waals surface area contributed by atoms with Crippen LogP contribution in [-0.2, 0) is 38.1 Å². The van der Waals surface area contributed by atoms with Gasteiger partial charge in [0.2, 0.25) is 11.8 Å². The minimum absolute atomic E-state index is 0. The molecule has 1 aliphatic carbocycles. The minimum atomic E-state index is -2.69. The molecule has 2 aliphatic heterocycles. The summed E-state index contributed by atoms with van der Waals surface area (Å²) in [4.78, 5) is 38.5. The number of carbonyl (C=O) groups excluding carboxylic acids is 3. The quantitative estimate of drug-likeness (QED) is 0.0235. The second kappa shape index (κ2) is 49.1. The van der Waals surface area contributed by atoms with Gasteiger partial charge in [0, 0.05) is 25.7 Å². The Morgan fingerprint density at radius 3 is 1.51 bits per heavy atom. The molecule has 13 N–H and O–H groups in total. The van der Waals surface area contributed by atoms with Crippen molar-refractivity contribution in [2.45, 2.75) is 355 Å². The van der Waals surface area contributed by atoms with Gasteiger partial charge in [-0.05, 0) is 25.7 Å². The first-order valence-corrected chi connectivity index (χ1v) is 34.4. The van der Waals surface area contributed by atoms with Crippen LogP contribution in [0.15, 0.2) is 12.2 Å². The third-order valence-corrected chi connectivity index (χ3v) is 18.1. The molecule has 23 heteroatoms. The Balaban J connectivity index is 0.0000270. The largest absolute Gasteiger partial charge is 1.00 e. The number of nitrogens with one attached hydrogen (secondary N) is 2. The summed E-state index contributed by atoms with van der Waals surface area (Å²) < 4.78 is 29.3. The first-order valence-electron chi connectivity index (χ1n) is 34.4. The van der Waals surface area contributed by atoms with Crippen molar-refractivity contribution >= 4 is 17.8 Å². The van der Waals surface area contributed by atoms with Crippen LogP contribution in [0.1, 0.15) is 252 Å². The first kappa shape index (κ1) is 83.6. The van der Waals surface area contributed by atoms with Gasteiger partial charge in [-0.1, -0.05) is 219 Å². The number of unbranched alkanes of at least 4 members (excludes halogenated alkanes) is 31. The summed E-state index contributed by atoms with van der Waals surface area (Å²) in [6.45, 7) is 2.29. The van der Waals surface area contributed by atoms with E-state index in [0.29, 0.717) is 12.8 Å². The summed E-state index contributed by atoms with van der Waals surface area (Å²) in [7, 11) is 0. The summed E-state index contributed by atoms with van der Waals surface area (Å²) >= 11 is 0. The number of carboxylic acid groups (broad SMARTS) is 1. The molecule has 0 aromatic rings. The van der Waals surface area contributed by atoms with Crippen molar-refractivity contribution < 1.29 is 129 Å². The summed E-state index contributed by atoms with van der Waals surface area (Å²) in [6.07, 6.45) is 16.2. The fourth-order valence-electron chi connectivity index (χ4n) is 12.6. The zero-order valence-corrected chi connectivity index (χ0v) is 56.8. The predicted molar refractivity (Wildman–Crippen MR) is 330 cm³/mol. The molecule has 0 bridgehead atoms. The number of rotatable bonds is 51. The third-order valence-electron chi connectivity index (χ3n) is 18.1. The molecular formula is C66H121N2NaO20. The van der Waals surface area contributed by atoms with E-state index in [1.54, 1.807) is 6.08 Å². The molecule has 0 aromatic carbocycles. The maximum absolute atomic E-state index is 13.4. The average Bonchev–Trinajstić information content (AvgIpc) is 0.808. The number of carboxylic acids is 1. The van der Waals surface area contributed by atoms with E-state index in [1.165, 1.54) is 154 Å². The molecular weight excluding hydrogens is 1160 g/mol. The molecule has 1 saturated carbocycles. The van der Waals surface area contributed by atoms with Gasteiger partial charge in [-0.2, -0.15) is 0 Å². The fraction of sp³-hybridized carbons (Fsp3) is 0.924. The standard InChI is InChI=1S/C66H122N2O20.Na/c1-4-6-8-10-12-14-16-18-19-20-21-22-23-24-25-27-29-31-33-35-37-39-54(76)68-48(49(73)38-36-34-32-30-28-26-17-15-13-11-9-7-5-2)45-84-63-59(80)58(79)61(53(44-71)86-63)87-64-60(81)62(57(78)52(43-70)85-64)88-66(65(82)83)40-47(56(77)51(75)42-69)55(50(74)41-66)67-46(3)72;/h36,38,47-53,55-64,69-71,73-75,77-81H,4-35,37,39-45H2,1-3H3,(H,67,72)(H,68,76)(H,82,83);/q;+1/p-1/b38-36+;/t47-,48+,49-,50+,51-,52-,53-,55?,56+,57+,58-,59-,60-,61?,62+,63-,64+,66-;/m1./s1. The van der Waals surface area contributed by atoms with Gasteiger partial charge < -0.3 is 100 Å². The SMILES string of the molecule is CCCCCCCCCCCCC/C=C/[C@@H](O)[C@H](CO[C@@H]1O[C@H](CO)C(O[C@@H]2O[C@H](CO)[C@H](O)[C@H](O[C@]3(C(=O)[O-])C[C@@H]([C@H](O)[C@H](O)CO)C(NC(C)=O)[C@@H](O)C3)[C@H]2O)[C@H](O)[C@H]1O)NC(=O)CCCCCCCCCCCCCCCCCCCCCCC.[Na+]. The van der Waals surface area contributed by atoms with E-state index >= 15 is 0 Å². The third kappa shape index (κ3) is 31.3. The van der Waals surface area contributed by atoms with Gasteiger partial charge in [-0.25, -0.2) is 0 Å². The number of aliphatic hydroxyl groups excluding tert-OH is 11. The van der Waals surface area contributed by atoms with Crippen LogP contribution in [0.5, 0.6) is 0 Å². The average molecular weight is 1290 g/mol. The van der Waals surface area contributed by atoms with E-state index in [4.69, 9.17) is 23.7 Å². The van der Waals surface area contributed by atoms with Crippen molar-refractivity contribution in [2.24, 2.45) is 5.92 Å². The number of carbonyl (C=O) groups is 3. The van der Waals surface area contributed by atoms with Crippen LogP contribution in [0.3, 0.4) is 0 Å². The van der Waals surface area contributed by atoms with Crippen LogP contribution in [0.2, 0.25) is 0 Å². The van der Waals surface area contributed by atoms with Gasteiger partial charge in [0.1, 0.15) is 60.5 Å². The number of aliphatic hydroxyl groups is 11. The van der Waals surface area contributed by atoms with Crippen molar-refractivity contribution in [3.63, 3.8) is 0 Å². The van der Waals surface area contributed by atoms with Gasteiger partial charge in [-0.3, -0.25) is 9.59 Å². The second-order valence-electron chi connectivity index (χ2n) is 25.6. The van der Waals surface area contributed by atoms with E-state index in [9.17, 15) is 75.7 Å². The van der Waals surface area contributed by atoms with Crippen molar-refractivity contribution in [1.82, 2.24) is 10.6 Å². The van der Waals surface area contributed by atoms with Crippen LogP contribution in [-0.4, -0.2) is 204 Å². The Morgan fingerprint density at radius 1 is 0.596 bits per heavy atom. The van der Waals surface area contributed by atoms with Gasteiger partial charge in [0.25, 0.3) is 0 Å². The smallest absolute Gasteiger partial charge is 0.547 e. The fourth-order valence-corrected chi connectivity index (χ4v) is 12.6. The van der Waals surface area contributed by atoms with E-state index < -0.39 is 161 Å². The Bertz CT molecular complexity index is 1850. The molecule has 2 amide bonds. The molecule has 516 valence electrons. The number of hydrogen-bond donors (Lipinski definition) is 13. The van der Waals surface area contributed by atoms with Crippen LogP contribution >= 0.6 is 0 Å². The molecule has 18 atom stereocenters. The normalized spacial score (nSPS) is 28.7. The van der Waals surface area contributed by atoms with Crippen LogP contribution in [0, 0.1) is 5.92 Å². The summed E-state index contributed by atoms with van der Waals surface area (Å²) in [5, 5.41) is 139. The number of aliphatic carboxylic acids is 1. The Hall–Kier alpha value is -1.49. The number of amides is 2. The summed E-state index contributed by atoms with van der Waals surface area (Å²) in [5.41, 5.74) is -2.69. The molecule has 3 fully saturated rings. The first-order chi connectivity index (χ1) is 42.4. The van der Waals surface area contributed by atoms with E-state index in [-0.39, 0.29) is 41.9 Å². The van der Waals surface area contributed by atoms with Crippen LogP contribution in [0.25, 0.3) is 0 Å². The van der Waals surface area contributed by atoms with E-state index in [2.05, 4.69) is 24.5 Å². The summed E-state index contributed by atoms with van der Waals surface area (Å²) in [6, 6.07) is -2.41. The van der Waals surface area contributed by atoms with E-state index in [1.807, 2.05) is 6.08 Å². The van der Waals surface area contributed by atoms with Crippen molar-refractivity contribution in [3.8, 4) is 0 Å². The maximum atomic E-state index is 13.4. The minimum Gasteiger partial charge on any atom is -0.547 e. The number of hydrogen-bond acceptors (Lipinski definition) is 20. The van der Waals surface area contributed by atoms with Gasteiger partial charge in [-0.15, -0.1) is 0 Å². The molecule has 2 unspecified atom stereocenters. The Kier molecular flexibility index (Phi) is 46.1. The molecule has 2 heterocycles. The molecule has 0 aromatic heterocycles. The zero-order valence-electron chi connectivity index (χ0n) is 54.8. The van der Waals surface area contributed by atoms with Crippen LogP contribution < -0.4 is 45.3 Å². The molecule has 89 heavy (non-hydrogen) atoms. The Labute approximate surface area is 554 Å². The van der Waals surface area contributed by atoms with Crippen LogP contribution in [0.4, 0.5) is 0 Å². The van der Waals surface area contributed by atoms with Gasteiger partial charge in [0.05, 0.1) is 62.8 Å². The topological polar surface area (TPSA) is 367 Å². The number of ether oxygens (including phenoxy) is 5. The number of allylic oxidation sites excluding steroid dienone is 1. The monoisotopic (exact) mass is 1280 g/mol. The van der Waals surface area contributed by atoms with Crippen molar-refractivity contribution in [1.29, 1.82) is 0 Å².